The first-order chi connectivity index (χ1) is 13.6. The van der Waals surface area contributed by atoms with Crippen LogP contribution in [0.1, 0.15) is 52.4 Å². The van der Waals surface area contributed by atoms with Gasteiger partial charge in [-0.1, -0.05) is 0 Å². The van der Waals surface area contributed by atoms with E-state index in [0.717, 1.165) is 49.1 Å². The molecule has 4 aliphatic rings. The Morgan fingerprint density at radius 2 is 1.55 bits per heavy atom. The van der Waals surface area contributed by atoms with E-state index in [0.29, 0.717) is 0 Å². The van der Waals surface area contributed by atoms with E-state index in [1.165, 1.54) is 38.3 Å². The molecular weight excluding hydrogens is 392 g/mol. The van der Waals surface area contributed by atoms with Gasteiger partial charge in [0, 0.05) is 18.2 Å². The molecule has 0 radical (unpaired) electrons. The molecule has 5 rings (SSSR count). The third-order valence-corrected chi connectivity index (χ3v) is 9.65. The number of benzene rings is 1. The summed E-state index contributed by atoms with van der Waals surface area (Å²) in [6, 6.07) is 4.63. The molecule has 1 N–H and O–H groups in total. The summed E-state index contributed by atoms with van der Waals surface area (Å²) in [5, 5.41) is 12.5. The molecule has 0 aliphatic heterocycles. The summed E-state index contributed by atoms with van der Waals surface area (Å²) in [6.45, 7) is 3.41. The van der Waals surface area contributed by atoms with Crippen LogP contribution in [0.2, 0.25) is 0 Å². The van der Waals surface area contributed by atoms with Crippen LogP contribution >= 0.6 is 0 Å². The van der Waals surface area contributed by atoms with Crippen LogP contribution in [0.15, 0.2) is 29.2 Å². The Bertz CT molecular complexity index is 890. The molecule has 0 heterocycles. The highest BCUT2D eigenvalue weighted by atomic mass is 32.2. The Hall–Kier alpha value is -1.96. The Kier molecular flexibility index (Phi) is 4.96. The number of carbonyl (C=O) groups excluding carboxylic acids is 1. The van der Waals surface area contributed by atoms with Crippen LogP contribution in [-0.2, 0) is 14.6 Å². The second-order valence-corrected chi connectivity index (χ2v) is 11.7. The minimum Gasteiger partial charge on any atom is -0.352 e. The van der Waals surface area contributed by atoms with Crippen molar-refractivity contribution in [3.8, 4) is 0 Å². The van der Waals surface area contributed by atoms with Crippen molar-refractivity contribution in [3.05, 3.63) is 34.4 Å². The predicted octanol–water partition coefficient (Wildman–Crippen LogP) is 3.48. The zero-order valence-corrected chi connectivity index (χ0v) is 17.7. The first-order valence-electron chi connectivity index (χ1n) is 10.4. The Morgan fingerprint density at radius 3 is 2.00 bits per heavy atom. The Morgan fingerprint density at radius 1 is 1.07 bits per heavy atom. The maximum absolute atomic E-state index is 12.9. The van der Waals surface area contributed by atoms with Crippen LogP contribution in [0.5, 0.6) is 0 Å². The fourth-order valence-electron chi connectivity index (χ4n) is 6.29. The number of carbonyl (C=O) groups is 1. The number of nitrogens with zero attached hydrogens (tertiary/aromatic N) is 1. The third-order valence-electron chi connectivity index (χ3n) is 7.57. The van der Waals surface area contributed by atoms with Crippen molar-refractivity contribution in [2.24, 2.45) is 23.2 Å². The quantitative estimate of drug-likeness (QED) is 0.560. The number of non-ortho nitro benzene ring substituents is 1. The highest BCUT2D eigenvalue weighted by Gasteiger charge is 2.53. The van der Waals surface area contributed by atoms with Gasteiger partial charge >= 0.3 is 0 Å². The second-order valence-electron chi connectivity index (χ2n) is 9.45. The van der Waals surface area contributed by atoms with Gasteiger partial charge in [0.15, 0.2) is 9.84 Å². The van der Waals surface area contributed by atoms with Crippen LogP contribution in [0.4, 0.5) is 5.69 Å². The highest BCUT2D eigenvalue weighted by molar-refractivity contribution is 7.92. The molecule has 4 saturated carbocycles. The molecule has 0 spiro atoms. The minimum atomic E-state index is -3.92. The van der Waals surface area contributed by atoms with Crippen molar-refractivity contribution in [1.29, 1.82) is 0 Å². The largest absolute Gasteiger partial charge is 0.352 e. The van der Waals surface area contributed by atoms with Crippen LogP contribution in [-0.4, -0.2) is 30.5 Å². The first-order valence-corrected chi connectivity index (χ1v) is 11.9. The lowest BCUT2D eigenvalue weighted by Gasteiger charge is -2.59. The zero-order chi connectivity index (χ0) is 21.0. The fourth-order valence-corrected chi connectivity index (χ4v) is 7.57. The van der Waals surface area contributed by atoms with Crippen molar-refractivity contribution < 1.29 is 18.1 Å². The second kappa shape index (κ2) is 7.07. The molecule has 4 fully saturated rings. The monoisotopic (exact) mass is 420 g/mol. The standard InChI is InChI=1S/C21H28N2O5S/c1-13(29(27,28)19-5-3-18(4-6-19)23(25)26)20(24)22-14(2)21-10-15-7-16(11-21)9-17(8-15)12-21/h3-6,13-17H,7-12H2,1-2H3,(H,22,24)/t13-,14-,15?,16?,17?,21?/m1/s1. The summed E-state index contributed by atoms with van der Waals surface area (Å²) < 4.78 is 25.7. The van der Waals surface area contributed by atoms with Gasteiger partial charge in [0.05, 0.1) is 9.82 Å². The highest BCUT2D eigenvalue weighted by Crippen LogP contribution is 2.61. The van der Waals surface area contributed by atoms with Crippen molar-refractivity contribution in [2.75, 3.05) is 0 Å². The number of amides is 1. The van der Waals surface area contributed by atoms with Gasteiger partial charge in [-0.3, -0.25) is 14.9 Å². The molecule has 8 heteroatoms. The lowest BCUT2D eigenvalue weighted by atomic mass is 9.48. The first kappa shape index (κ1) is 20.3. The summed E-state index contributed by atoms with van der Waals surface area (Å²) in [6.07, 6.45) is 7.32. The van der Waals surface area contributed by atoms with Crippen molar-refractivity contribution >= 4 is 21.4 Å². The van der Waals surface area contributed by atoms with E-state index >= 15 is 0 Å². The molecule has 0 saturated heterocycles. The molecule has 2 atom stereocenters. The topological polar surface area (TPSA) is 106 Å². The molecular formula is C21H28N2O5S. The number of rotatable bonds is 6. The number of nitrogens with one attached hydrogen (secondary N) is 1. The van der Waals surface area contributed by atoms with Gasteiger partial charge in [0.25, 0.3) is 5.69 Å². The molecule has 0 unspecified atom stereocenters. The fraction of sp³-hybridized carbons (Fsp3) is 0.667. The number of nitro benzene ring substituents is 1. The number of nitro groups is 1. The van der Waals surface area contributed by atoms with Gasteiger partial charge in [-0.05, 0) is 87.7 Å². The molecule has 4 aliphatic carbocycles. The maximum atomic E-state index is 12.9. The minimum absolute atomic E-state index is 0.0575. The normalized spacial score (nSPS) is 32.6. The Labute approximate surface area is 171 Å². The van der Waals surface area contributed by atoms with E-state index in [1.54, 1.807) is 0 Å². The van der Waals surface area contributed by atoms with E-state index in [4.69, 9.17) is 0 Å². The molecule has 1 amide bonds. The smallest absolute Gasteiger partial charge is 0.269 e. The summed E-state index contributed by atoms with van der Waals surface area (Å²) in [4.78, 5) is 23.0. The third kappa shape index (κ3) is 3.56. The lowest BCUT2D eigenvalue weighted by molar-refractivity contribution is -0.384. The van der Waals surface area contributed by atoms with Gasteiger partial charge < -0.3 is 5.32 Å². The van der Waals surface area contributed by atoms with Gasteiger partial charge in [0.2, 0.25) is 5.91 Å². The van der Waals surface area contributed by atoms with Crippen molar-refractivity contribution in [3.63, 3.8) is 0 Å². The molecule has 29 heavy (non-hydrogen) atoms. The van der Waals surface area contributed by atoms with Crippen LogP contribution in [0.25, 0.3) is 0 Å². The number of hydrogen-bond donors (Lipinski definition) is 1. The van der Waals surface area contributed by atoms with E-state index < -0.39 is 25.9 Å². The summed E-state index contributed by atoms with van der Waals surface area (Å²) >= 11 is 0. The van der Waals surface area contributed by atoms with E-state index in [9.17, 15) is 23.3 Å². The van der Waals surface area contributed by atoms with Crippen LogP contribution in [0.3, 0.4) is 0 Å². The summed E-state index contributed by atoms with van der Waals surface area (Å²) in [7, 11) is -3.92. The molecule has 0 aromatic heterocycles. The molecule has 1 aromatic rings. The van der Waals surface area contributed by atoms with Gasteiger partial charge in [-0.15, -0.1) is 0 Å². The van der Waals surface area contributed by atoms with Gasteiger partial charge in [-0.2, -0.15) is 0 Å². The lowest BCUT2D eigenvalue weighted by Crippen LogP contribution is -2.57. The van der Waals surface area contributed by atoms with Crippen LogP contribution in [0, 0.1) is 33.3 Å². The molecule has 4 bridgehead atoms. The SMILES string of the molecule is C[C@H](C(=O)N[C@H](C)C12CC3CC(CC(C3)C1)C2)S(=O)(=O)c1ccc([N+](=O)[O-])cc1. The average Bonchev–Trinajstić information content (AvgIpc) is 2.66. The maximum Gasteiger partial charge on any atom is 0.269 e. The average molecular weight is 421 g/mol. The van der Waals surface area contributed by atoms with E-state index in [2.05, 4.69) is 5.32 Å². The van der Waals surface area contributed by atoms with Gasteiger partial charge in [-0.25, -0.2) is 8.42 Å². The van der Waals surface area contributed by atoms with Crippen molar-refractivity contribution in [1.82, 2.24) is 5.32 Å². The molecule has 7 nitrogen and oxygen atoms in total. The summed E-state index contributed by atoms with van der Waals surface area (Å²) in [5.74, 6) is 1.76. The zero-order valence-electron chi connectivity index (χ0n) is 16.8. The van der Waals surface area contributed by atoms with Gasteiger partial charge in [0.1, 0.15) is 5.25 Å². The van der Waals surface area contributed by atoms with E-state index in [-0.39, 0.29) is 22.0 Å². The predicted molar refractivity (Wildman–Crippen MR) is 108 cm³/mol. The molecule has 158 valence electrons. The number of hydrogen-bond acceptors (Lipinski definition) is 5. The Balaban J connectivity index is 1.47. The van der Waals surface area contributed by atoms with Crippen LogP contribution < -0.4 is 5.32 Å². The van der Waals surface area contributed by atoms with Crippen molar-refractivity contribution in [2.45, 2.75) is 68.6 Å². The van der Waals surface area contributed by atoms with E-state index in [1.807, 2.05) is 6.92 Å². The summed E-state index contributed by atoms with van der Waals surface area (Å²) in [5.41, 5.74) is -0.0853. The molecule has 1 aromatic carbocycles. The number of sulfone groups is 1.